The molecular weight excluding hydrogens is 260 g/mol. The first-order valence-electron chi connectivity index (χ1n) is 8.49. The minimum Gasteiger partial charge on any atom is -0.378 e. The number of morpholine rings is 1. The van der Waals surface area contributed by atoms with Crippen LogP contribution in [0, 0.1) is 0 Å². The smallest absolute Gasteiger partial charge is 0.0622 e. The van der Waals surface area contributed by atoms with E-state index in [-0.39, 0.29) is 0 Å². The molecule has 1 aliphatic heterocycles. The first-order chi connectivity index (χ1) is 10.3. The molecule has 1 N–H and O–H groups in total. The summed E-state index contributed by atoms with van der Waals surface area (Å²) >= 11 is 0. The van der Waals surface area contributed by atoms with Gasteiger partial charge in [-0.3, -0.25) is 4.90 Å². The fourth-order valence-electron chi connectivity index (χ4n) is 4.02. The monoisotopic (exact) mass is 288 g/mol. The van der Waals surface area contributed by atoms with E-state index >= 15 is 0 Å². The van der Waals surface area contributed by atoms with Crippen LogP contribution in [0.1, 0.15) is 43.9 Å². The number of aryl methyl sites for hydroxylation is 1. The van der Waals surface area contributed by atoms with E-state index in [4.69, 9.17) is 4.74 Å². The van der Waals surface area contributed by atoms with Crippen molar-refractivity contribution in [1.29, 1.82) is 0 Å². The van der Waals surface area contributed by atoms with Crippen molar-refractivity contribution >= 4 is 0 Å². The maximum atomic E-state index is 5.70. The van der Waals surface area contributed by atoms with Gasteiger partial charge in [-0.25, -0.2) is 0 Å². The van der Waals surface area contributed by atoms with Crippen molar-refractivity contribution in [2.75, 3.05) is 26.3 Å². The average Bonchev–Trinajstić information content (AvgIpc) is 2.55. The van der Waals surface area contributed by atoms with E-state index in [0.29, 0.717) is 18.1 Å². The maximum Gasteiger partial charge on any atom is 0.0622 e. The molecule has 21 heavy (non-hydrogen) atoms. The Balaban J connectivity index is 1.87. The molecule has 1 aliphatic carbocycles. The van der Waals surface area contributed by atoms with Crippen LogP contribution in [-0.2, 0) is 11.2 Å². The van der Waals surface area contributed by atoms with Gasteiger partial charge in [-0.2, -0.15) is 0 Å². The summed E-state index contributed by atoms with van der Waals surface area (Å²) < 4.78 is 5.70. The quantitative estimate of drug-likeness (QED) is 0.922. The van der Waals surface area contributed by atoms with Crippen LogP contribution in [0.3, 0.4) is 0 Å². The van der Waals surface area contributed by atoms with Crippen LogP contribution in [0.25, 0.3) is 0 Å². The molecule has 3 rings (SSSR count). The van der Waals surface area contributed by atoms with Crippen molar-refractivity contribution in [3.63, 3.8) is 0 Å². The number of nitrogens with one attached hydrogen (secondary N) is 1. The molecule has 1 aromatic rings. The number of fused-ring (bicyclic) bond motifs is 1. The molecule has 116 valence electrons. The first-order valence-corrected chi connectivity index (χ1v) is 8.49. The third kappa shape index (κ3) is 3.01. The minimum absolute atomic E-state index is 0.465. The average molecular weight is 288 g/mol. The summed E-state index contributed by atoms with van der Waals surface area (Å²) in [5.41, 5.74) is 3.04. The van der Waals surface area contributed by atoms with Crippen LogP contribution in [0.4, 0.5) is 0 Å². The molecule has 0 amide bonds. The lowest BCUT2D eigenvalue weighted by Crippen LogP contribution is -2.55. The second kappa shape index (κ2) is 6.91. The number of nitrogens with zero attached hydrogens (tertiary/aromatic N) is 1. The van der Waals surface area contributed by atoms with Gasteiger partial charge in [0.25, 0.3) is 0 Å². The van der Waals surface area contributed by atoms with Gasteiger partial charge in [0.15, 0.2) is 0 Å². The van der Waals surface area contributed by atoms with Gasteiger partial charge < -0.3 is 10.1 Å². The lowest BCUT2D eigenvalue weighted by atomic mass is 9.82. The SMILES string of the molecule is CCNC1c2ccccc2CCC1N1CCOCC1CC. The normalized spacial score (nSPS) is 30.1. The molecule has 0 spiro atoms. The summed E-state index contributed by atoms with van der Waals surface area (Å²) in [5.74, 6) is 0. The van der Waals surface area contributed by atoms with E-state index in [0.717, 1.165) is 26.3 Å². The Hall–Kier alpha value is -0.900. The molecule has 0 aromatic heterocycles. The predicted molar refractivity (Wildman–Crippen MR) is 86.6 cm³/mol. The van der Waals surface area contributed by atoms with Gasteiger partial charge in [-0.05, 0) is 36.9 Å². The summed E-state index contributed by atoms with van der Waals surface area (Å²) in [6.45, 7) is 8.38. The van der Waals surface area contributed by atoms with Crippen LogP contribution in [-0.4, -0.2) is 43.3 Å². The van der Waals surface area contributed by atoms with Crippen molar-refractivity contribution in [2.45, 2.75) is 51.2 Å². The Bertz CT molecular complexity index is 462. The van der Waals surface area contributed by atoms with Crippen LogP contribution in [0.15, 0.2) is 24.3 Å². The van der Waals surface area contributed by atoms with Crippen LogP contribution < -0.4 is 5.32 Å². The van der Waals surface area contributed by atoms with E-state index in [1.165, 1.54) is 30.4 Å². The van der Waals surface area contributed by atoms with E-state index in [2.05, 4.69) is 48.3 Å². The highest BCUT2D eigenvalue weighted by Crippen LogP contribution is 2.34. The van der Waals surface area contributed by atoms with Gasteiger partial charge in [0, 0.05) is 24.7 Å². The molecule has 1 aromatic carbocycles. The fraction of sp³-hybridized carbons (Fsp3) is 0.667. The van der Waals surface area contributed by atoms with Crippen molar-refractivity contribution in [3.8, 4) is 0 Å². The van der Waals surface area contributed by atoms with Crippen molar-refractivity contribution in [2.24, 2.45) is 0 Å². The third-order valence-electron chi connectivity index (χ3n) is 5.08. The fourth-order valence-corrected chi connectivity index (χ4v) is 4.02. The van der Waals surface area contributed by atoms with Gasteiger partial charge in [0.2, 0.25) is 0 Å². The molecule has 3 heteroatoms. The molecule has 2 aliphatic rings. The number of ether oxygens (including phenoxy) is 1. The molecule has 3 atom stereocenters. The van der Waals surface area contributed by atoms with Crippen molar-refractivity contribution in [1.82, 2.24) is 10.2 Å². The summed E-state index contributed by atoms with van der Waals surface area (Å²) in [7, 11) is 0. The Labute approximate surface area is 128 Å². The number of benzene rings is 1. The number of hydrogen-bond acceptors (Lipinski definition) is 3. The molecule has 3 nitrogen and oxygen atoms in total. The second-order valence-electron chi connectivity index (χ2n) is 6.21. The molecule has 1 fully saturated rings. The van der Waals surface area contributed by atoms with E-state index in [9.17, 15) is 0 Å². The number of rotatable bonds is 4. The predicted octanol–water partition coefficient (Wildman–Crippen LogP) is 2.76. The molecule has 1 saturated heterocycles. The van der Waals surface area contributed by atoms with Crippen LogP contribution in [0.2, 0.25) is 0 Å². The van der Waals surface area contributed by atoms with E-state index in [1.54, 1.807) is 0 Å². The second-order valence-corrected chi connectivity index (χ2v) is 6.21. The van der Waals surface area contributed by atoms with E-state index in [1.807, 2.05) is 0 Å². The highest BCUT2D eigenvalue weighted by Gasteiger charge is 2.36. The molecular formula is C18H28N2O. The van der Waals surface area contributed by atoms with Crippen LogP contribution in [0.5, 0.6) is 0 Å². The van der Waals surface area contributed by atoms with Crippen LogP contribution >= 0.6 is 0 Å². The van der Waals surface area contributed by atoms with Gasteiger partial charge in [-0.1, -0.05) is 38.1 Å². The molecule has 1 heterocycles. The number of hydrogen-bond donors (Lipinski definition) is 1. The molecule has 0 radical (unpaired) electrons. The Morgan fingerprint density at radius 3 is 2.95 bits per heavy atom. The highest BCUT2D eigenvalue weighted by atomic mass is 16.5. The molecule has 3 unspecified atom stereocenters. The highest BCUT2D eigenvalue weighted by molar-refractivity contribution is 5.34. The first kappa shape index (κ1) is 15.0. The number of likely N-dealkylation sites (N-methyl/N-ethyl adjacent to an activating group) is 1. The molecule has 0 saturated carbocycles. The zero-order valence-electron chi connectivity index (χ0n) is 13.3. The maximum absolute atomic E-state index is 5.70. The minimum atomic E-state index is 0.465. The van der Waals surface area contributed by atoms with Gasteiger partial charge in [0.05, 0.1) is 13.2 Å². The zero-order valence-corrected chi connectivity index (χ0v) is 13.3. The van der Waals surface area contributed by atoms with E-state index < -0.39 is 0 Å². The van der Waals surface area contributed by atoms with Crippen molar-refractivity contribution < 1.29 is 4.74 Å². The van der Waals surface area contributed by atoms with Crippen molar-refractivity contribution in [3.05, 3.63) is 35.4 Å². The molecule has 0 bridgehead atoms. The summed E-state index contributed by atoms with van der Waals surface area (Å²) in [5, 5.41) is 3.75. The van der Waals surface area contributed by atoms with Gasteiger partial charge >= 0.3 is 0 Å². The summed E-state index contributed by atoms with van der Waals surface area (Å²) in [6.07, 6.45) is 3.64. The van der Waals surface area contributed by atoms with Gasteiger partial charge in [0.1, 0.15) is 0 Å². The standard InChI is InChI=1S/C18H28N2O/c1-3-15-13-21-12-11-20(15)17-10-9-14-7-5-6-8-16(14)18(17)19-4-2/h5-8,15,17-19H,3-4,9-13H2,1-2H3. The Morgan fingerprint density at radius 2 is 2.14 bits per heavy atom. The lowest BCUT2D eigenvalue weighted by molar-refractivity contribution is -0.0411. The summed E-state index contributed by atoms with van der Waals surface area (Å²) in [6, 6.07) is 10.6. The Kier molecular flexibility index (Phi) is 4.94. The lowest BCUT2D eigenvalue weighted by Gasteiger charge is -2.46. The third-order valence-corrected chi connectivity index (χ3v) is 5.08. The Morgan fingerprint density at radius 1 is 1.29 bits per heavy atom. The largest absolute Gasteiger partial charge is 0.378 e. The summed E-state index contributed by atoms with van der Waals surface area (Å²) in [4.78, 5) is 2.72. The van der Waals surface area contributed by atoms with Gasteiger partial charge in [-0.15, -0.1) is 0 Å². The topological polar surface area (TPSA) is 24.5 Å². The zero-order chi connectivity index (χ0) is 14.7.